The Morgan fingerprint density at radius 1 is 1.35 bits per heavy atom. The minimum Gasteiger partial charge on any atom is -0.480 e. The van der Waals surface area contributed by atoms with Crippen molar-refractivity contribution >= 4 is 27.8 Å². The number of aliphatic carboxylic acids is 1. The first-order chi connectivity index (χ1) is 11.0. The molecule has 1 aliphatic rings. The Balaban J connectivity index is 1.79. The van der Waals surface area contributed by atoms with Gasteiger partial charge in [-0.2, -0.15) is 0 Å². The van der Waals surface area contributed by atoms with Crippen molar-refractivity contribution in [3.8, 4) is 0 Å². The van der Waals surface area contributed by atoms with Crippen LogP contribution >= 0.6 is 15.9 Å². The molecule has 0 unspecified atom stereocenters. The number of aromatic nitrogens is 1. The van der Waals surface area contributed by atoms with E-state index >= 15 is 0 Å². The first-order valence-electron chi connectivity index (χ1n) is 7.25. The van der Waals surface area contributed by atoms with Gasteiger partial charge in [0.1, 0.15) is 12.3 Å². The van der Waals surface area contributed by atoms with Crippen molar-refractivity contribution in [2.24, 2.45) is 0 Å². The Bertz CT molecular complexity index is 739. The van der Waals surface area contributed by atoms with E-state index in [1.54, 1.807) is 6.07 Å². The Morgan fingerprint density at radius 2 is 2.13 bits per heavy atom. The quantitative estimate of drug-likeness (QED) is 0.834. The average Bonchev–Trinajstić information content (AvgIpc) is 3.23. The summed E-state index contributed by atoms with van der Waals surface area (Å²) in [6.45, 7) is -0.201. The maximum atomic E-state index is 12.6. The van der Waals surface area contributed by atoms with Crippen LogP contribution in [0, 0.1) is 0 Å². The zero-order valence-corrected chi connectivity index (χ0v) is 13.8. The van der Waals surface area contributed by atoms with Crippen LogP contribution in [0.4, 0.5) is 0 Å². The number of amides is 1. The third-order valence-electron chi connectivity index (χ3n) is 3.60. The number of rotatable bonds is 6. The molecule has 0 saturated heterocycles. The molecule has 0 atom stereocenters. The summed E-state index contributed by atoms with van der Waals surface area (Å²) < 4.78 is 6.05. The van der Waals surface area contributed by atoms with Gasteiger partial charge in [-0.3, -0.25) is 9.59 Å². The van der Waals surface area contributed by atoms with Crippen LogP contribution in [0.2, 0.25) is 0 Å². The van der Waals surface area contributed by atoms with E-state index in [0.29, 0.717) is 11.7 Å². The number of halogens is 1. The van der Waals surface area contributed by atoms with Crippen LogP contribution in [0.25, 0.3) is 0 Å². The number of benzene rings is 1. The molecular weight excluding hydrogens is 364 g/mol. The molecule has 120 valence electrons. The number of hydrogen-bond acceptors (Lipinski definition) is 4. The molecule has 1 fully saturated rings. The second-order valence-electron chi connectivity index (χ2n) is 5.57. The molecule has 1 heterocycles. The van der Waals surface area contributed by atoms with E-state index in [9.17, 15) is 9.59 Å². The van der Waals surface area contributed by atoms with Gasteiger partial charge < -0.3 is 14.5 Å². The van der Waals surface area contributed by atoms with E-state index in [2.05, 4.69) is 21.1 Å². The van der Waals surface area contributed by atoms with Gasteiger partial charge in [0.2, 0.25) is 0 Å². The molecule has 7 heteroatoms. The van der Waals surface area contributed by atoms with Crippen LogP contribution in [0.5, 0.6) is 0 Å². The number of carbonyl (C=O) groups excluding carboxylic acids is 1. The zero-order chi connectivity index (χ0) is 16.4. The van der Waals surface area contributed by atoms with E-state index in [1.165, 1.54) is 4.90 Å². The van der Waals surface area contributed by atoms with Crippen molar-refractivity contribution in [3.05, 3.63) is 51.8 Å². The number of nitrogens with zero attached hydrogens (tertiary/aromatic N) is 2. The summed E-state index contributed by atoms with van der Waals surface area (Å²) in [7, 11) is 0. The van der Waals surface area contributed by atoms with Crippen LogP contribution in [0.3, 0.4) is 0 Å². The fourth-order valence-electron chi connectivity index (χ4n) is 2.33. The highest BCUT2D eigenvalue weighted by Gasteiger charge is 2.30. The van der Waals surface area contributed by atoms with Crippen LogP contribution < -0.4 is 0 Å². The van der Waals surface area contributed by atoms with Gasteiger partial charge in [0.15, 0.2) is 5.69 Å². The van der Waals surface area contributed by atoms with Crippen LogP contribution in [-0.4, -0.2) is 33.6 Å². The molecule has 0 aliphatic heterocycles. The first kappa shape index (κ1) is 15.7. The van der Waals surface area contributed by atoms with Crippen molar-refractivity contribution < 1.29 is 19.2 Å². The summed E-state index contributed by atoms with van der Waals surface area (Å²) in [5, 5.41) is 12.9. The number of carboxylic acids is 1. The summed E-state index contributed by atoms with van der Waals surface area (Å²) in [6.07, 6.45) is 2.08. The molecule has 1 aliphatic carbocycles. The van der Waals surface area contributed by atoms with E-state index in [-0.39, 0.29) is 12.2 Å². The fraction of sp³-hybridized carbons (Fsp3) is 0.312. The SMILES string of the molecule is O=C(O)CN(Cc1cccc(Br)c1)C(=O)c1cc(C2CC2)on1. The maximum absolute atomic E-state index is 12.6. The van der Waals surface area contributed by atoms with Gasteiger partial charge in [-0.1, -0.05) is 33.2 Å². The van der Waals surface area contributed by atoms with Gasteiger partial charge in [-0.15, -0.1) is 0 Å². The topological polar surface area (TPSA) is 83.6 Å². The van der Waals surface area contributed by atoms with Crippen molar-refractivity contribution in [1.29, 1.82) is 0 Å². The Labute approximate surface area is 141 Å². The van der Waals surface area contributed by atoms with Gasteiger partial charge >= 0.3 is 5.97 Å². The van der Waals surface area contributed by atoms with Gasteiger partial charge in [0, 0.05) is 23.0 Å². The van der Waals surface area contributed by atoms with Crippen molar-refractivity contribution in [3.63, 3.8) is 0 Å². The molecule has 0 radical (unpaired) electrons. The molecule has 23 heavy (non-hydrogen) atoms. The molecule has 1 aromatic carbocycles. The molecule has 1 saturated carbocycles. The first-order valence-corrected chi connectivity index (χ1v) is 8.04. The van der Waals surface area contributed by atoms with E-state index in [1.807, 2.05) is 24.3 Å². The van der Waals surface area contributed by atoms with E-state index < -0.39 is 18.4 Å². The third kappa shape index (κ3) is 3.98. The molecule has 2 aromatic rings. The van der Waals surface area contributed by atoms with Crippen molar-refractivity contribution in [2.75, 3.05) is 6.54 Å². The molecule has 1 amide bonds. The molecule has 3 rings (SSSR count). The molecule has 6 nitrogen and oxygen atoms in total. The Hall–Kier alpha value is -2.15. The molecule has 1 N–H and O–H groups in total. The highest BCUT2D eigenvalue weighted by Crippen LogP contribution is 2.40. The second kappa shape index (κ2) is 6.54. The maximum Gasteiger partial charge on any atom is 0.323 e. The van der Waals surface area contributed by atoms with Crippen LogP contribution in [0.1, 0.15) is 40.6 Å². The minimum atomic E-state index is -1.07. The number of carbonyl (C=O) groups is 2. The highest BCUT2D eigenvalue weighted by molar-refractivity contribution is 9.10. The number of hydrogen-bond donors (Lipinski definition) is 1. The summed E-state index contributed by atoms with van der Waals surface area (Å²) >= 11 is 3.36. The van der Waals surface area contributed by atoms with Crippen LogP contribution in [-0.2, 0) is 11.3 Å². The van der Waals surface area contributed by atoms with Gasteiger partial charge in [0.25, 0.3) is 5.91 Å². The third-order valence-corrected chi connectivity index (χ3v) is 4.10. The predicted molar refractivity (Wildman–Crippen MR) is 85.0 cm³/mol. The average molecular weight is 379 g/mol. The molecule has 0 bridgehead atoms. The molecular formula is C16H15BrN2O4. The normalized spacial score (nSPS) is 13.8. The van der Waals surface area contributed by atoms with Crippen molar-refractivity contribution in [1.82, 2.24) is 10.1 Å². The lowest BCUT2D eigenvalue weighted by atomic mass is 10.2. The smallest absolute Gasteiger partial charge is 0.323 e. The van der Waals surface area contributed by atoms with Crippen LogP contribution in [0.15, 0.2) is 39.3 Å². The van der Waals surface area contributed by atoms with E-state index in [0.717, 1.165) is 22.9 Å². The van der Waals surface area contributed by atoms with E-state index in [4.69, 9.17) is 9.63 Å². The molecule has 1 aromatic heterocycles. The summed E-state index contributed by atoms with van der Waals surface area (Å²) in [5.41, 5.74) is 0.989. The largest absolute Gasteiger partial charge is 0.480 e. The lowest BCUT2D eigenvalue weighted by Gasteiger charge is -2.19. The summed E-state index contributed by atoms with van der Waals surface area (Å²) in [4.78, 5) is 24.9. The standard InChI is InChI=1S/C16H15BrN2O4/c17-12-3-1-2-10(6-12)8-19(9-15(20)21)16(22)13-7-14(23-18-13)11-4-5-11/h1-3,6-7,11H,4-5,8-9H2,(H,20,21). The lowest BCUT2D eigenvalue weighted by Crippen LogP contribution is -2.35. The molecule has 0 spiro atoms. The lowest BCUT2D eigenvalue weighted by molar-refractivity contribution is -0.137. The summed E-state index contributed by atoms with van der Waals surface area (Å²) in [5.74, 6) is -0.463. The monoisotopic (exact) mass is 378 g/mol. The minimum absolute atomic E-state index is 0.156. The Kier molecular flexibility index (Phi) is 4.47. The van der Waals surface area contributed by atoms with Gasteiger partial charge in [-0.05, 0) is 30.5 Å². The van der Waals surface area contributed by atoms with Gasteiger partial charge in [-0.25, -0.2) is 0 Å². The van der Waals surface area contributed by atoms with Crippen molar-refractivity contribution in [2.45, 2.75) is 25.3 Å². The number of carboxylic acid groups (broad SMARTS) is 1. The second-order valence-corrected chi connectivity index (χ2v) is 6.49. The highest BCUT2D eigenvalue weighted by atomic mass is 79.9. The van der Waals surface area contributed by atoms with Gasteiger partial charge in [0.05, 0.1) is 0 Å². The zero-order valence-electron chi connectivity index (χ0n) is 12.2. The summed E-state index contributed by atoms with van der Waals surface area (Å²) in [6, 6.07) is 9.01. The Morgan fingerprint density at radius 3 is 2.78 bits per heavy atom. The fourth-order valence-corrected chi connectivity index (χ4v) is 2.78. The predicted octanol–water partition coefficient (Wildman–Crippen LogP) is 3.04.